The van der Waals surface area contributed by atoms with Crippen LogP contribution in [0.25, 0.3) is 0 Å². The zero-order valence-corrected chi connectivity index (χ0v) is 15.9. The molecule has 2 aromatic rings. The van der Waals surface area contributed by atoms with Crippen molar-refractivity contribution in [1.29, 1.82) is 0 Å². The van der Waals surface area contributed by atoms with Crippen molar-refractivity contribution in [1.82, 2.24) is 4.72 Å². The molecule has 0 aromatic heterocycles. The minimum absolute atomic E-state index is 0.0589. The average Bonchev–Trinajstić information content (AvgIpc) is 2.70. The minimum atomic E-state index is -4.09. The fourth-order valence-electron chi connectivity index (χ4n) is 2.46. The molecular formula is C19H21NO6S. The Labute approximate surface area is 158 Å². The van der Waals surface area contributed by atoms with Gasteiger partial charge in [-0.05, 0) is 29.7 Å². The highest BCUT2D eigenvalue weighted by Crippen LogP contribution is 2.16. The molecule has 0 heterocycles. The Morgan fingerprint density at radius 3 is 2.30 bits per heavy atom. The molecule has 1 N–H and O–H groups in total. The molecule has 0 radical (unpaired) electrons. The molecule has 0 unspecified atom stereocenters. The number of hydrogen-bond acceptors (Lipinski definition) is 6. The summed E-state index contributed by atoms with van der Waals surface area (Å²) in [4.78, 5) is 23.4. The van der Waals surface area contributed by atoms with E-state index < -0.39 is 28.5 Å². The lowest BCUT2D eigenvalue weighted by atomic mass is 10.1. The fraction of sp³-hybridized carbons (Fsp3) is 0.263. The fourth-order valence-corrected chi connectivity index (χ4v) is 3.63. The molecule has 2 rings (SSSR count). The van der Waals surface area contributed by atoms with Gasteiger partial charge in [-0.3, -0.25) is 4.79 Å². The maximum absolute atomic E-state index is 12.4. The smallest absolute Gasteiger partial charge is 0.339 e. The number of nitrogens with one attached hydrogen (secondary N) is 1. The van der Waals surface area contributed by atoms with E-state index in [0.29, 0.717) is 0 Å². The molecule has 8 heteroatoms. The van der Waals surface area contributed by atoms with Crippen molar-refractivity contribution in [3.05, 3.63) is 65.2 Å². The summed E-state index contributed by atoms with van der Waals surface area (Å²) in [6, 6.07) is 13.1. The summed E-state index contributed by atoms with van der Waals surface area (Å²) in [7, 11) is -2.93. The summed E-state index contributed by atoms with van der Waals surface area (Å²) in [5.74, 6) is -1.50. The zero-order chi connectivity index (χ0) is 19.9. The molecule has 0 amide bonds. The van der Waals surface area contributed by atoms with E-state index in [1.165, 1.54) is 24.3 Å². The molecule has 0 aliphatic carbocycles. The van der Waals surface area contributed by atoms with Gasteiger partial charge in [-0.15, -0.1) is 0 Å². The van der Waals surface area contributed by atoms with Gasteiger partial charge in [0.15, 0.2) is 0 Å². The van der Waals surface area contributed by atoms with Crippen LogP contribution < -0.4 is 4.72 Å². The molecule has 0 saturated carbocycles. The third-order valence-electron chi connectivity index (χ3n) is 3.88. The molecule has 0 spiro atoms. The van der Waals surface area contributed by atoms with Crippen LogP contribution in [-0.2, 0) is 37.3 Å². The molecular weight excluding hydrogens is 370 g/mol. The van der Waals surface area contributed by atoms with Crippen LogP contribution in [0.3, 0.4) is 0 Å². The van der Waals surface area contributed by atoms with E-state index >= 15 is 0 Å². The van der Waals surface area contributed by atoms with Crippen molar-refractivity contribution in [2.24, 2.45) is 0 Å². The number of hydrogen-bond donors (Lipinski definition) is 1. The molecule has 2 aromatic carbocycles. The lowest BCUT2D eigenvalue weighted by molar-refractivity contribution is -0.143. The van der Waals surface area contributed by atoms with Crippen LogP contribution in [0.2, 0.25) is 0 Å². The van der Waals surface area contributed by atoms with Gasteiger partial charge in [-0.25, -0.2) is 13.2 Å². The summed E-state index contributed by atoms with van der Waals surface area (Å²) < 4.78 is 36.7. The number of ether oxygens (including phenoxy) is 2. The van der Waals surface area contributed by atoms with Gasteiger partial charge in [0.2, 0.25) is 10.0 Å². The number of esters is 2. The van der Waals surface area contributed by atoms with E-state index in [9.17, 15) is 18.0 Å². The Bertz CT molecular complexity index is 923. The van der Waals surface area contributed by atoms with Gasteiger partial charge >= 0.3 is 11.9 Å². The SMILES string of the molecule is CCc1ccccc1COC(=O)CNS(=O)(=O)c1ccccc1C(=O)OC. The number of methoxy groups -OCH3 is 1. The predicted molar refractivity (Wildman–Crippen MR) is 98.6 cm³/mol. The standard InChI is InChI=1S/C19H21NO6S/c1-3-14-8-4-5-9-15(14)13-26-18(21)12-20-27(23,24)17-11-7-6-10-16(17)19(22)25-2/h4-11,20H,3,12-13H2,1-2H3. The number of aryl methyl sites for hydroxylation is 1. The molecule has 0 aliphatic heterocycles. The largest absolute Gasteiger partial charge is 0.465 e. The van der Waals surface area contributed by atoms with Gasteiger partial charge < -0.3 is 9.47 Å². The summed E-state index contributed by atoms with van der Waals surface area (Å²) in [5, 5.41) is 0. The first-order chi connectivity index (χ1) is 12.9. The first kappa shape index (κ1) is 20.6. The monoisotopic (exact) mass is 391 g/mol. The highest BCUT2D eigenvalue weighted by atomic mass is 32.2. The second kappa shape index (κ2) is 9.29. The third-order valence-corrected chi connectivity index (χ3v) is 5.34. The van der Waals surface area contributed by atoms with E-state index in [1.54, 1.807) is 0 Å². The van der Waals surface area contributed by atoms with Crippen molar-refractivity contribution in [3.63, 3.8) is 0 Å². The van der Waals surface area contributed by atoms with Crippen LogP contribution in [0.15, 0.2) is 53.4 Å². The summed E-state index contributed by atoms with van der Waals surface area (Å²) in [5.41, 5.74) is 1.81. The van der Waals surface area contributed by atoms with Gasteiger partial charge in [-0.1, -0.05) is 43.3 Å². The van der Waals surface area contributed by atoms with Gasteiger partial charge in [0, 0.05) is 0 Å². The highest BCUT2D eigenvalue weighted by Gasteiger charge is 2.23. The average molecular weight is 391 g/mol. The zero-order valence-electron chi connectivity index (χ0n) is 15.1. The van der Waals surface area contributed by atoms with Crippen LogP contribution >= 0.6 is 0 Å². The van der Waals surface area contributed by atoms with Gasteiger partial charge in [0.1, 0.15) is 13.2 Å². The second-order valence-electron chi connectivity index (χ2n) is 5.60. The van der Waals surface area contributed by atoms with Crippen molar-refractivity contribution < 1.29 is 27.5 Å². The van der Waals surface area contributed by atoms with Crippen LogP contribution in [0.1, 0.15) is 28.4 Å². The van der Waals surface area contributed by atoms with Gasteiger partial charge in [-0.2, -0.15) is 4.72 Å². The van der Waals surface area contributed by atoms with E-state index in [2.05, 4.69) is 9.46 Å². The van der Waals surface area contributed by atoms with Crippen LogP contribution in [0.4, 0.5) is 0 Å². The number of rotatable bonds is 8. The molecule has 27 heavy (non-hydrogen) atoms. The highest BCUT2D eigenvalue weighted by molar-refractivity contribution is 7.89. The predicted octanol–water partition coefficient (Wildman–Crippen LogP) is 2.06. The topological polar surface area (TPSA) is 98.8 Å². The molecule has 0 saturated heterocycles. The van der Waals surface area contributed by atoms with E-state index in [-0.39, 0.29) is 17.1 Å². The van der Waals surface area contributed by atoms with Crippen LogP contribution in [0.5, 0.6) is 0 Å². The lowest BCUT2D eigenvalue weighted by Crippen LogP contribution is -2.31. The summed E-state index contributed by atoms with van der Waals surface area (Å²) in [6.45, 7) is 1.50. The Kier molecular flexibility index (Phi) is 7.09. The van der Waals surface area contributed by atoms with Gasteiger partial charge in [0.05, 0.1) is 17.6 Å². The number of benzene rings is 2. The maximum Gasteiger partial charge on any atom is 0.339 e. The number of carbonyl (C=O) groups excluding carboxylic acids is 2. The minimum Gasteiger partial charge on any atom is -0.465 e. The van der Waals surface area contributed by atoms with Gasteiger partial charge in [0.25, 0.3) is 0 Å². The number of carbonyl (C=O) groups is 2. The molecule has 0 aliphatic rings. The van der Waals surface area contributed by atoms with Crippen LogP contribution in [-0.4, -0.2) is 34.0 Å². The third kappa shape index (κ3) is 5.38. The normalized spacial score (nSPS) is 11.0. The van der Waals surface area contributed by atoms with E-state index in [1.807, 2.05) is 31.2 Å². The summed E-state index contributed by atoms with van der Waals surface area (Å²) in [6.07, 6.45) is 0.796. The molecule has 0 fully saturated rings. The second-order valence-corrected chi connectivity index (χ2v) is 7.33. The van der Waals surface area contributed by atoms with E-state index in [4.69, 9.17) is 4.74 Å². The Hall–Kier alpha value is -2.71. The Balaban J connectivity index is 2.01. The van der Waals surface area contributed by atoms with Crippen molar-refractivity contribution in [3.8, 4) is 0 Å². The number of sulfonamides is 1. The molecule has 7 nitrogen and oxygen atoms in total. The van der Waals surface area contributed by atoms with Crippen molar-refractivity contribution in [2.75, 3.05) is 13.7 Å². The summed E-state index contributed by atoms with van der Waals surface area (Å²) >= 11 is 0. The lowest BCUT2D eigenvalue weighted by Gasteiger charge is -2.11. The first-order valence-electron chi connectivity index (χ1n) is 8.28. The molecule has 0 atom stereocenters. The quantitative estimate of drug-likeness (QED) is 0.692. The first-order valence-corrected chi connectivity index (χ1v) is 9.76. The maximum atomic E-state index is 12.4. The van der Waals surface area contributed by atoms with Crippen molar-refractivity contribution >= 4 is 22.0 Å². The molecule has 0 bridgehead atoms. The van der Waals surface area contributed by atoms with Crippen molar-refractivity contribution in [2.45, 2.75) is 24.8 Å². The Morgan fingerprint density at radius 1 is 1.00 bits per heavy atom. The van der Waals surface area contributed by atoms with Crippen LogP contribution in [0, 0.1) is 0 Å². The molecule has 144 valence electrons. The van der Waals surface area contributed by atoms with E-state index in [0.717, 1.165) is 24.7 Å². The Morgan fingerprint density at radius 2 is 1.63 bits per heavy atom.